The van der Waals surface area contributed by atoms with Gasteiger partial charge >= 0.3 is 6.18 Å². The minimum absolute atomic E-state index is 0.0115. The van der Waals surface area contributed by atoms with E-state index in [1.54, 1.807) is 0 Å². The summed E-state index contributed by atoms with van der Waals surface area (Å²) in [5, 5.41) is 0. The van der Waals surface area contributed by atoms with Crippen molar-refractivity contribution in [2.75, 3.05) is 6.61 Å². The van der Waals surface area contributed by atoms with E-state index in [0.717, 1.165) is 12.0 Å². The first-order valence-corrected chi connectivity index (χ1v) is 10.6. The SMILES string of the molecule is CCCc1ccc(C2CCC(/C=C/c3ccc(CC)cc3)OC2)c(C(F)(F)F)c1F. The Labute approximate surface area is 175 Å². The molecule has 1 saturated heterocycles. The molecule has 0 bridgehead atoms. The number of hydrogen-bond acceptors (Lipinski definition) is 1. The van der Waals surface area contributed by atoms with E-state index in [9.17, 15) is 17.6 Å². The van der Waals surface area contributed by atoms with E-state index in [4.69, 9.17) is 4.74 Å². The fourth-order valence-electron chi connectivity index (χ4n) is 3.98. The van der Waals surface area contributed by atoms with Crippen molar-refractivity contribution >= 4 is 6.08 Å². The summed E-state index contributed by atoms with van der Waals surface area (Å²) in [6.45, 7) is 4.07. The van der Waals surface area contributed by atoms with Gasteiger partial charge in [0.25, 0.3) is 0 Å². The zero-order valence-electron chi connectivity index (χ0n) is 17.4. The quantitative estimate of drug-likeness (QED) is 0.444. The average Bonchev–Trinajstić information content (AvgIpc) is 2.73. The molecule has 0 aromatic heterocycles. The lowest BCUT2D eigenvalue weighted by Gasteiger charge is -2.30. The van der Waals surface area contributed by atoms with Crippen molar-refractivity contribution < 1.29 is 22.3 Å². The zero-order chi connectivity index (χ0) is 21.7. The zero-order valence-corrected chi connectivity index (χ0v) is 17.4. The van der Waals surface area contributed by atoms with Gasteiger partial charge in [0.1, 0.15) is 5.82 Å². The summed E-state index contributed by atoms with van der Waals surface area (Å²) in [5.74, 6) is -1.58. The van der Waals surface area contributed by atoms with Crippen LogP contribution in [-0.4, -0.2) is 12.7 Å². The standard InChI is InChI=1S/C25H28F4O/c1-3-5-19-12-15-22(23(24(19)26)25(27,28)29)20-11-14-21(30-16-20)13-10-18-8-6-17(4-2)7-9-18/h6-10,12-13,15,20-21H,3-5,11,14,16H2,1-2H3/b13-10+. The molecule has 0 spiro atoms. The predicted octanol–water partition coefficient (Wildman–Crippen LogP) is 7.34. The molecule has 1 heterocycles. The fraction of sp³-hybridized carbons (Fsp3) is 0.440. The monoisotopic (exact) mass is 420 g/mol. The highest BCUT2D eigenvalue weighted by Crippen LogP contribution is 2.41. The van der Waals surface area contributed by atoms with Crippen LogP contribution in [0.1, 0.15) is 66.8 Å². The van der Waals surface area contributed by atoms with E-state index in [0.29, 0.717) is 25.7 Å². The first-order valence-electron chi connectivity index (χ1n) is 10.6. The third-order valence-electron chi connectivity index (χ3n) is 5.70. The number of halogens is 4. The molecule has 5 heteroatoms. The van der Waals surface area contributed by atoms with Gasteiger partial charge in [-0.05, 0) is 47.9 Å². The maximum absolute atomic E-state index is 14.6. The number of rotatable bonds is 6. The molecule has 1 aliphatic heterocycles. The second kappa shape index (κ2) is 9.78. The summed E-state index contributed by atoms with van der Waals surface area (Å²) >= 11 is 0. The van der Waals surface area contributed by atoms with Crippen LogP contribution in [0.3, 0.4) is 0 Å². The van der Waals surface area contributed by atoms with Gasteiger partial charge in [-0.2, -0.15) is 13.2 Å². The summed E-state index contributed by atoms with van der Waals surface area (Å²) < 4.78 is 61.4. The molecule has 1 fully saturated rings. The Morgan fingerprint density at radius 3 is 2.33 bits per heavy atom. The molecule has 162 valence electrons. The minimum Gasteiger partial charge on any atom is -0.374 e. The van der Waals surface area contributed by atoms with Crippen LogP contribution in [0.4, 0.5) is 17.6 Å². The Balaban J connectivity index is 1.71. The van der Waals surface area contributed by atoms with E-state index in [1.165, 1.54) is 17.7 Å². The van der Waals surface area contributed by atoms with Crippen molar-refractivity contribution in [2.24, 2.45) is 0 Å². The minimum atomic E-state index is -4.72. The number of hydrogen-bond donors (Lipinski definition) is 0. The molecule has 0 N–H and O–H groups in total. The van der Waals surface area contributed by atoms with E-state index in [2.05, 4.69) is 19.1 Å². The van der Waals surface area contributed by atoms with Crippen LogP contribution in [-0.2, 0) is 23.8 Å². The van der Waals surface area contributed by atoms with E-state index >= 15 is 0 Å². The average molecular weight is 420 g/mol. The smallest absolute Gasteiger partial charge is 0.374 e. The molecule has 2 aromatic rings. The summed E-state index contributed by atoms with van der Waals surface area (Å²) in [7, 11) is 0. The van der Waals surface area contributed by atoms with E-state index < -0.39 is 23.5 Å². The third kappa shape index (κ3) is 5.31. The fourth-order valence-corrected chi connectivity index (χ4v) is 3.98. The Morgan fingerprint density at radius 2 is 1.77 bits per heavy atom. The first-order chi connectivity index (χ1) is 14.3. The van der Waals surface area contributed by atoms with Gasteiger partial charge in [-0.3, -0.25) is 0 Å². The molecule has 0 saturated carbocycles. The normalized spacial score (nSPS) is 20.1. The summed E-state index contributed by atoms with van der Waals surface area (Å²) in [4.78, 5) is 0. The van der Waals surface area contributed by atoms with Crippen LogP contribution >= 0.6 is 0 Å². The highest BCUT2D eigenvalue weighted by molar-refractivity contribution is 5.50. The molecule has 2 unspecified atom stereocenters. The van der Waals surface area contributed by atoms with E-state index in [-0.39, 0.29) is 23.8 Å². The van der Waals surface area contributed by atoms with Gasteiger partial charge in [-0.25, -0.2) is 4.39 Å². The van der Waals surface area contributed by atoms with Crippen molar-refractivity contribution in [1.82, 2.24) is 0 Å². The number of alkyl halides is 3. The highest BCUT2D eigenvalue weighted by Gasteiger charge is 2.40. The van der Waals surface area contributed by atoms with Gasteiger partial charge in [0, 0.05) is 5.92 Å². The second-order valence-electron chi connectivity index (χ2n) is 7.85. The van der Waals surface area contributed by atoms with Crippen molar-refractivity contribution in [1.29, 1.82) is 0 Å². The first kappa shape index (κ1) is 22.5. The Bertz CT molecular complexity index is 860. The highest BCUT2D eigenvalue weighted by atomic mass is 19.4. The summed E-state index contributed by atoms with van der Waals surface area (Å²) in [6, 6.07) is 11.2. The van der Waals surface area contributed by atoms with Crippen molar-refractivity contribution in [3.05, 3.63) is 76.1 Å². The largest absolute Gasteiger partial charge is 0.419 e. The lowest BCUT2D eigenvalue weighted by atomic mass is 9.86. The van der Waals surface area contributed by atoms with Gasteiger partial charge in [0.15, 0.2) is 0 Å². The maximum atomic E-state index is 14.6. The van der Waals surface area contributed by atoms with Gasteiger partial charge in [0.05, 0.1) is 18.3 Å². The van der Waals surface area contributed by atoms with Crippen molar-refractivity contribution in [3.8, 4) is 0 Å². The molecule has 0 aliphatic carbocycles. The maximum Gasteiger partial charge on any atom is 0.419 e. The van der Waals surface area contributed by atoms with Crippen LogP contribution in [0, 0.1) is 5.82 Å². The van der Waals surface area contributed by atoms with Crippen LogP contribution in [0.2, 0.25) is 0 Å². The number of ether oxygens (including phenoxy) is 1. The molecule has 3 rings (SSSR count). The molecule has 2 atom stereocenters. The second-order valence-corrected chi connectivity index (χ2v) is 7.85. The summed E-state index contributed by atoms with van der Waals surface area (Å²) in [6.07, 6.45) is 2.06. The number of benzene rings is 2. The Hall–Kier alpha value is -2.14. The third-order valence-corrected chi connectivity index (χ3v) is 5.70. The lowest BCUT2D eigenvalue weighted by molar-refractivity contribution is -0.141. The Morgan fingerprint density at radius 1 is 1.03 bits per heavy atom. The van der Waals surface area contributed by atoms with Gasteiger partial charge in [0.2, 0.25) is 0 Å². The molecule has 0 amide bonds. The number of aryl methyl sites for hydroxylation is 2. The van der Waals surface area contributed by atoms with Crippen LogP contribution < -0.4 is 0 Å². The molecule has 1 aliphatic rings. The predicted molar refractivity (Wildman–Crippen MR) is 112 cm³/mol. The molecule has 1 nitrogen and oxygen atoms in total. The van der Waals surface area contributed by atoms with Crippen LogP contribution in [0.25, 0.3) is 6.08 Å². The topological polar surface area (TPSA) is 9.23 Å². The molecular weight excluding hydrogens is 392 g/mol. The Kier molecular flexibility index (Phi) is 7.35. The van der Waals surface area contributed by atoms with Gasteiger partial charge in [-0.15, -0.1) is 0 Å². The van der Waals surface area contributed by atoms with Crippen LogP contribution in [0.5, 0.6) is 0 Å². The van der Waals surface area contributed by atoms with Crippen molar-refractivity contribution in [2.45, 2.75) is 64.1 Å². The lowest BCUT2D eigenvalue weighted by Crippen LogP contribution is -2.26. The van der Waals surface area contributed by atoms with Crippen LogP contribution in [0.15, 0.2) is 42.5 Å². The van der Waals surface area contributed by atoms with Gasteiger partial charge < -0.3 is 4.74 Å². The van der Waals surface area contributed by atoms with E-state index in [1.807, 2.05) is 31.2 Å². The molecular formula is C25H28F4O. The molecule has 30 heavy (non-hydrogen) atoms. The molecule has 0 radical (unpaired) electrons. The molecule has 2 aromatic carbocycles. The summed E-state index contributed by atoms with van der Waals surface area (Å²) in [5.41, 5.74) is 1.34. The van der Waals surface area contributed by atoms with Gasteiger partial charge in [-0.1, -0.05) is 68.8 Å². The van der Waals surface area contributed by atoms with Crippen molar-refractivity contribution in [3.63, 3.8) is 0 Å².